The maximum atomic E-state index is 11.9. The second kappa shape index (κ2) is 7.48. The molecule has 6 heteroatoms. The Bertz CT molecular complexity index is 771. The maximum Gasteiger partial charge on any atom is 0.219 e. The Kier molecular flexibility index (Phi) is 5.30. The molecule has 0 radical (unpaired) electrons. The van der Waals surface area contributed by atoms with Gasteiger partial charge in [-0.05, 0) is 38.3 Å². The highest BCUT2D eigenvalue weighted by atomic mass is 16.2. The van der Waals surface area contributed by atoms with Crippen LogP contribution in [-0.4, -0.2) is 46.9 Å². The molecular formula is C20H29N5O. The number of rotatable bonds is 4. The lowest BCUT2D eigenvalue weighted by Gasteiger charge is -2.32. The number of allylic oxidation sites excluding steroid dienone is 2. The number of hydrogen-bond acceptors (Lipinski definition) is 4. The predicted octanol–water partition coefficient (Wildman–Crippen LogP) is 3.11. The molecule has 2 aliphatic rings. The van der Waals surface area contributed by atoms with Crippen molar-refractivity contribution in [2.75, 3.05) is 25.0 Å². The van der Waals surface area contributed by atoms with Gasteiger partial charge in [0.25, 0.3) is 0 Å². The van der Waals surface area contributed by atoms with Gasteiger partial charge in [-0.15, -0.1) is 0 Å². The van der Waals surface area contributed by atoms with E-state index in [1.165, 1.54) is 16.8 Å². The van der Waals surface area contributed by atoms with E-state index in [2.05, 4.69) is 35.0 Å². The molecule has 1 aromatic heterocycles. The van der Waals surface area contributed by atoms with Crippen molar-refractivity contribution in [2.45, 2.75) is 52.6 Å². The average Bonchev–Trinajstić information content (AvgIpc) is 3.00. The highest BCUT2D eigenvalue weighted by molar-refractivity contribution is 5.83. The number of hydrogen-bond donors (Lipinski definition) is 0. The van der Waals surface area contributed by atoms with Gasteiger partial charge in [-0.25, -0.2) is 0 Å². The van der Waals surface area contributed by atoms with Crippen LogP contribution in [0.25, 0.3) is 0 Å². The zero-order chi connectivity index (χ0) is 18.8. The van der Waals surface area contributed by atoms with Gasteiger partial charge in [-0.3, -0.25) is 14.5 Å². The Hall–Kier alpha value is -2.37. The Balaban J connectivity index is 2.11. The van der Waals surface area contributed by atoms with Crippen LogP contribution < -0.4 is 4.90 Å². The van der Waals surface area contributed by atoms with Crippen LogP contribution in [0.2, 0.25) is 0 Å². The highest BCUT2D eigenvalue weighted by Gasteiger charge is 2.31. The molecule has 0 aromatic carbocycles. The van der Waals surface area contributed by atoms with Gasteiger partial charge in [0.1, 0.15) is 0 Å². The summed E-state index contributed by atoms with van der Waals surface area (Å²) in [5, 5.41) is 4.98. The van der Waals surface area contributed by atoms with Crippen molar-refractivity contribution in [1.29, 1.82) is 0 Å². The quantitative estimate of drug-likeness (QED) is 0.780. The molecule has 0 spiro atoms. The molecule has 0 fully saturated rings. The van der Waals surface area contributed by atoms with Crippen LogP contribution in [0.15, 0.2) is 28.9 Å². The fourth-order valence-electron chi connectivity index (χ4n) is 3.94. The number of carbonyl (C=O) groups excluding carboxylic acids is 1. The number of carbonyl (C=O) groups is 1. The van der Waals surface area contributed by atoms with Gasteiger partial charge in [0.15, 0.2) is 5.82 Å². The summed E-state index contributed by atoms with van der Waals surface area (Å²) in [6, 6.07) is 0.291. The Labute approximate surface area is 155 Å². The van der Waals surface area contributed by atoms with E-state index in [-0.39, 0.29) is 5.91 Å². The molecule has 1 amide bonds. The molecule has 140 valence electrons. The first-order valence-electron chi connectivity index (χ1n) is 9.39. The molecule has 0 unspecified atom stereocenters. The van der Waals surface area contributed by atoms with Crippen LogP contribution in [0, 0.1) is 0 Å². The van der Waals surface area contributed by atoms with E-state index >= 15 is 0 Å². The van der Waals surface area contributed by atoms with Gasteiger partial charge in [0, 0.05) is 62.7 Å². The Morgan fingerprint density at radius 3 is 2.69 bits per heavy atom. The molecule has 3 heterocycles. The van der Waals surface area contributed by atoms with Crippen LogP contribution >= 0.6 is 0 Å². The molecule has 0 N–H and O–H groups in total. The van der Waals surface area contributed by atoms with E-state index in [1.54, 1.807) is 14.0 Å². The first-order valence-corrected chi connectivity index (χ1v) is 9.39. The van der Waals surface area contributed by atoms with Crippen molar-refractivity contribution >= 4 is 17.9 Å². The third kappa shape index (κ3) is 3.20. The molecule has 0 aliphatic carbocycles. The summed E-state index contributed by atoms with van der Waals surface area (Å²) in [5.41, 5.74) is 4.71. The third-order valence-corrected chi connectivity index (χ3v) is 5.18. The van der Waals surface area contributed by atoms with E-state index in [0.29, 0.717) is 12.6 Å². The minimum Gasteiger partial charge on any atom is -0.338 e. The van der Waals surface area contributed by atoms with Gasteiger partial charge < -0.3 is 9.80 Å². The topological polar surface area (TPSA) is 53.7 Å². The molecule has 0 bridgehead atoms. The number of aromatic nitrogens is 2. The van der Waals surface area contributed by atoms with Gasteiger partial charge >= 0.3 is 0 Å². The van der Waals surface area contributed by atoms with Crippen molar-refractivity contribution in [3.05, 3.63) is 35.2 Å². The van der Waals surface area contributed by atoms with Gasteiger partial charge in [0.2, 0.25) is 5.91 Å². The van der Waals surface area contributed by atoms with E-state index in [0.717, 1.165) is 43.9 Å². The lowest BCUT2D eigenvalue weighted by Crippen LogP contribution is -2.36. The van der Waals surface area contributed by atoms with Gasteiger partial charge in [-0.1, -0.05) is 6.58 Å². The molecule has 1 aromatic rings. The average molecular weight is 355 g/mol. The summed E-state index contributed by atoms with van der Waals surface area (Å²) in [4.78, 5) is 20.3. The molecule has 6 nitrogen and oxygen atoms in total. The number of nitrogens with zero attached hydrogens (tertiary/aromatic N) is 5. The standard InChI is InChI=1S/C20H29N5O/c1-6-18-16(12-21-5)8-7-10-24(18)20-17-13-23(15(4)26)11-9-19(17)25(22-20)14(2)3/h6,12,14H,1,7-11,13H2,2-5H3. The lowest BCUT2D eigenvalue weighted by molar-refractivity contribution is -0.129. The second-order valence-corrected chi connectivity index (χ2v) is 7.23. The van der Waals surface area contributed by atoms with Crippen LogP contribution in [0.4, 0.5) is 5.82 Å². The van der Waals surface area contributed by atoms with Crippen LogP contribution in [0.3, 0.4) is 0 Å². The van der Waals surface area contributed by atoms with Crippen molar-refractivity contribution in [3.63, 3.8) is 0 Å². The summed E-state index contributed by atoms with van der Waals surface area (Å²) in [7, 11) is 1.80. The maximum absolute atomic E-state index is 11.9. The highest BCUT2D eigenvalue weighted by Crippen LogP contribution is 2.35. The zero-order valence-electron chi connectivity index (χ0n) is 16.3. The van der Waals surface area contributed by atoms with Crippen molar-refractivity contribution < 1.29 is 4.79 Å². The van der Waals surface area contributed by atoms with Crippen LogP contribution in [0.5, 0.6) is 0 Å². The van der Waals surface area contributed by atoms with E-state index < -0.39 is 0 Å². The van der Waals surface area contributed by atoms with E-state index in [1.807, 2.05) is 17.2 Å². The van der Waals surface area contributed by atoms with Gasteiger partial charge in [-0.2, -0.15) is 5.10 Å². The largest absolute Gasteiger partial charge is 0.338 e. The van der Waals surface area contributed by atoms with Crippen molar-refractivity contribution in [1.82, 2.24) is 14.7 Å². The fraction of sp³-hybridized carbons (Fsp3) is 0.550. The number of fused-ring (bicyclic) bond motifs is 1. The van der Waals surface area contributed by atoms with Gasteiger partial charge in [0.05, 0.1) is 6.54 Å². The molecule has 0 atom stereocenters. The van der Waals surface area contributed by atoms with Crippen LogP contribution in [-0.2, 0) is 17.8 Å². The molecule has 3 rings (SSSR count). The van der Waals surface area contributed by atoms with Crippen molar-refractivity contribution in [3.8, 4) is 0 Å². The summed E-state index contributed by atoms with van der Waals surface area (Å²) >= 11 is 0. The normalized spacial score (nSPS) is 18.0. The first-order chi connectivity index (χ1) is 12.5. The summed E-state index contributed by atoms with van der Waals surface area (Å²) in [5.74, 6) is 1.09. The molecule has 0 saturated carbocycles. The van der Waals surface area contributed by atoms with E-state index in [4.69, 9.17) is 5.10 Å². The minimum atomic E-state index is 0.121. The molecule has 2 aliphatic heterocycles. The third-order valence-electron chi connectivity index (χ3n) is 5.18. The Morgan fingerprint density at radius 2 is 2.08 bits per heavy atom. The molecular weight excluding hydrogens is 326 g/mol. The van der Waals surface area contributed by atoms with Crippen molar-refractivity contribution in [2.24, 2.45) is 4.99 Å². The molecule has 26 heavy (non-hydrogen) atoms. The second-order valence-electron chi connectivity index (χ2n) is 7.23. The zero-order valence-corrected chi connectivity index (χ0v) is 16.3. The van der Waals surface area contributed by atoms with E-state index in [9.17, 15) is 4.79 Å². The predicted molar refractivity (Wildman–Crippen MR) is 106 cm³/mol. The Morgan fingerprint density at radius 1 is 1.31 bits per heavy atom. The fourth-order valence-corrected chi connectivity index (χ4v) is 3.94. The minimum absolute atomic E-state index is 0.121. The molecule has 0 saturated heterocycles. The number of aliphatic imine (C=N–C) groups is 1. The lowest BCUT2D eigenvalue weighted by atomic mass is 10.0. The first kappa shape index (κ1) is 18.4. The smallest absolute Gasteiger partial charge is 0.219 e. The SMILES string of the molecule is C=CC1=C(C=NC)CCCN1c1nn(C(C)C)c2c1CN(C(C)=O)CC2. The monoisotopic (exact) mass is 355 g/mol. The van der Waals surface area contributed by atoms with Crippen LogP contribution in [0.1, 0.15) is 50.9 Å². The summed E-state index contributed by atoms with van der Waals surface area (Å²) in [6.07, 6.45) is 6.74. The number of amides is 1. The number of anilines is 1. The summed E-state index contributed by atoms with van der Waals surface area (Å²) in [6.45, 7) is 12.3. The summed E-state index contributed by atoms with van der Waals surface area (Å²) < 4.78 is 2.13.